The van der Waals surface area contributed by atoms with Crippen LogP contribution < -0.4 is 24.2 Å². The Morgan fingerprint density at radius 1 is 0.879 bits per heavy atom. The molecule has 0 fully saturated rings. The van der Waals surface area contributed by atoms with Crippen LogP contribution in [0.25, 0.3) is 0 Å². The third-order valence-corrected chi connectivity index (χ3v) is 6.83. The van der Waals surface area contributed by atoms with Gasteiger partial charge in [0, 0.05) is 28.9 Å². The molecule has 0 aromatic heterocycles. The van der Waals surface area contributed by atoms with Gasteiger partial charge in [0.2, 0.25) is 0 Å². The largest absolute Gasteiger partial charge is 0.486 e. The number of amides is 1. The Morgan fingerprint density at radius 3 is 2.36 bits per heavy atom. The molecule has 33 heavy (non-hydrogen) atoms. The van der Waals surface area contributed by atoms with Gasteiger partial charge < -0.3 is 19.5 Å². The van der Waals surface area contributed by atoms with Crippen molar-refractivity contribution in [3.63, 3.8) is 0 Å². The first-order chi connectivity index (χ1) is 15.9. The second-order valence-electron chi connectivity index (χ2n) is 7.54. The van der Waals surface area contributed by atoms with Crippen LogP contribution in [0.4, 0.5) is 11.4 Å². The molecular formula is C23H19ClN2O6S. The second-order valence-corrected chi connectivity index (χ2v) is 9.66. The summed E-state index contributed by atoms with van der Waals surface area (Å²) in [6, 6.07) is 16.0. The van der Waals surface area contributed by atoms with E-state index in [0.29, 0.717) is 53.3 Å². The molecule has 0 spiro atoms. The van der Waals surface area contributed by atoms with E-state index in [9.17, 15) is 13.2 Å². The summed E-state index contributed by atoms with van der Waals surface area (Å²) >= 11 is 5.99. The Kier molecular flexibility index (Phi) is 5.51. The van der Waals surface area contributed by atoms with E-state index in [-0.39, 0.29) is 10.8 Å². The molecule has 2 aliphatic rings. The fraction of sp³-hybridized carbons (Fsp3) is 0.174. The number of fused-ring (bicyclic) bond motifs is 2. The number of anilines is 2. The molecule has 0 bridgehead atoms. The lowest BCUT2D eigenvalue weighted by atomic mass is 10.1. The average Bonchev–Trinajstić information content (AvgIpc) is 3.23. The number of rotatable bonds is 5. The summed E-state index contributed by atoms with van der Waals surface area (Å²) in [6.45, 7) is 0.789. The number of sulfonamides is 1. The van der Waals surface area contributed by atoms with Gasteiger partial charge in [-0.1, -0.05) is 11.6 Å². The predicted molar refractivity (Wildman–Crippen MR) is 123 cm³/mol. The van der Waals surface area contributed by atoms with E-state index in [1.807, 2.05) is 0 Å². The lowest BCUT2D eigenvalue weighted by molar-refractivity contribution is -0.122. The molecule has 0 saturated carbocycles. The number of carbonyl (C=O) groups excluding carboxylic acids is 1. The molecule has 0 aliphatic carbocycles. The number of nitrogens with one attached hydrogen (secondary N) is 2. The van der Waals surface area contributed by atoms with Crippen LogP contribution in [0.2, 0.25) is 5.02 Å². The molecule has 1 atom stereocenters. The van der Waals surface area contributed by atoms with E-state index in [1.54, 1.807) is 48.5 Å². The van der Waals surface area contributed by atoms with Crippen molar-refractivity contribution in [3.05, 3.63) is 71.2 Å². The van der Waals surface area contributed by atoms with Crippen molar-refractivity contribution < 1.29 is 27.4 Å². The highest BCUT2D eigenvalue weighted by Crippen LogP contribution is 2.33. The highest BCUT2D eigenvalue weighted by atomic mass is 35.5. The van der Waals surface area contributed by atoms with Crippen LogP contribution in [0.5, 0.6) is 17.2 Å². The van der Waals surface area contributed by atoms with Gasteiger partial charge in [0.1, 0.15) is 19.0 Å². The number of benzene rings is 3. The fourth-order valence-electron chi connectivity index (χ4n) is 3.61. The number of hydrogen-bond acceptors (Lipinski definition) is 6. The van der Waals surface area contributed by atoms with E-state index >= 15 is 0 Å². The van der Waals surface area contributed by atoms with Crippen molar-refractivity contribution in [2.45, 2.75) is 17.4 Å². The zero-order valence-corrected chi connectivity index (χ0v) is 18.8. The molecule has 10 heteroatoms. The first-order valence-corrected chi connectivity index (χ1v) is 12.0. The monoisotopic (exact) mass is 486 g/mol. The summed E-state index contributed by atoms with van der Waals surface area (Å²) in [5.74, 6) is 1.24. The molecule has 3 aromatic rings. The van der Waals surface area contributed by atoms with Gasteiger partial charge in [-0.25, -0.2) is 8.42 Å². The third-order valence-electron chi connectivity index (χ3n) is 5.22. The Hall–Kier alpha value is -3.43. The quantitative estimate of drug-likeness (QED) is 0.567. The van der Waals surface area contributed by atoms with Crippen molar-refractivity contribution in [2.75, 3.05) is 23.3 Å². The highest BCUT2D eigenvalue weighted by Gasteiger charge is 2.29. The molecule has 3 aromatic carbocycles. The van der Waals surface area contributed by atoms with Crippen molar-refractivity contribution >= 4 is 38.9 Å². The maximum Gasteiger partial charge on any atom is 0.265 e. The van der Waals surface area contributed by atoms with Gasteiger partial charge in [-0.15, -0.1) is 0 Å². The van der Waals surface area contributed by atoms with Crippen LogP contribution in [0, 0.1) is 0 Å². The molecule has 5 rings (SSSR count). The van der Waals surface area contributed by atoms with E-state index in [4.69, 9.17) is 25.8 Å². The van der Waals surface area contributed by atoms with Crippen LogP contribution in [-0.2, 0) is 21.2 Å². The Balaban J connectivity index is 1.23. The van der Waals surface area contributed by atoms with Gasteiger partial charge in [0.15, 0.2) is 17.6 Å². The standard InChI is InChI=1S/C23H19ClN2O6S/c24-15-1-7-19-14(11-15)12-22(32-19)23(27)25-16-2-4-17(5-3-16)26-33(28,29)18-6-8-20-21(13-18)31-10-9-30-20/h1-8,11,13,22,26H,9-10,12H2,(H,25,27). The van der Waals surface area contributed by atoms with Crippen molar-refractivity contribution in [1.82, 2.24) is 0 Å². The minimum Gasteiger partial charge on any atom is -0.486 e. The van der Waals surface area contributed by atoms with Gasteiger partial charge in [-0.3, -0.25) is 9.52 Å². The van der Waals surface area contributed by atoms with Crippen LogP contribution in [0.1, 0.15) is 5.56 Å². The molecular weight excluding hydrogens is 468 g/mol. The molecule has 0 radical (unpaired) electrons. The Morgan fingerprint density at radius 2 is 1.58 bits per heavy atom. The fourth-order valence-corrected chi connectivity index (χ4v) is 4.88. The summed E-state index contributed by atoms with van der Waals surface area (Å²) in [7, 11) is -3.83. The normalized spacial score (nSPS) is 16.5. The SMILES string of the molecule is O=C(Nc1ccc(NS(=O)(=O)c2ccc3c(c2)OCCO3)cc1)C1Cc2cc(Cl)ccc2O1. The molecule has 1 unspecified atom stereocenters. The Bertz CT molecular complexity index is 1330. The number of halogens is 1. The van der Waals surface area contributed by atoms with Gasteiger partial charge >= 0.3 is 0 Å². The van der Waals surface area contributed by atoms with Crippen molar-refractivity contribution in [3.8, 4) is 17.2 Å². The number of hydrogen-bond donors (Lipinski definition) is 2. The van der Waals surface area contributed by atoms with Gasteiger partial charge in [-0.05, 0) is 60.2 Å². The van der Waals surface area contributed by atoms with E-state index in [2.05, 4.69) is 10.0 Å². The molecule has 2 N–H and O–H groups in total. The third kappa shape index (κ3) is 4.55. The summed E-state index contributed by atoms with van der Waals surface area (Å²) in [5.41, 5.74) is 1.74. The van der Waals surface area contributed by atoms with Gasteiger partial charge in [-0.2, -0.15) is 0 Å². The van der Waals surface area contributed by atoms with Crippen LogP contribution >= 0.6 is 11.6 Å². The van der Waals surface area contributed by atoms with E-state index in [0.717, 1.165) is 5.56 Å². The zero-order chi connectivity index (χ0) is 23.0. The predicted octanol–water partition coefficient (Wildman–Crippen LogP) is 3.85. The summed E-state index contributed by atoms with van der Waals surface area (Å²) in [4.78, 5) is 12.6. The molecule has 0 saturated heterocycles. The Labute approximate surface area is 195 Å². The summed E-state index contributed by atoms with van der Waals surface area (Å²) in [6.07, 6.45) is -0.235. The topological polar surface area (TPSA) is 103 Å². The number of ether oxygens (including phenoxy) is 3. The molecule has 2 heterocycles. The van der Waals surface area contributed by atoms with Crippen molar-refractivity contribution in [1.29, 1.82) is 0 Å². The van der Waals surface area contributed by atoms with E-state index < -0.39 is 16.1 Å². The molecule has 8 nitrogen and oxygen atoms in total. The smallest absolute Gasteiger partial charge is 0.265 e. The van der Waals surface area contributed by atoms with Gasteiger partial charge in [0.25, 0.3) is 15.9 Å². The molecule has 2 aliphatic heterocycles. The molecule has 170 valence electrons. The van der Waals surface area contributed by atoms with Crippen LogP contribution in [0.15, 0.2) is 65.6 Å². The zero-order valence-electron chi connectivity index (χ0n) is 17.2. The number of carbonyl (C=O) groups is 1. The van der Waals surface area contributed by atoms with Crippen LogP contribution in [0.3, 0.4) is 0 Å². The lowest BCUT2D eigenvalue weighted by Crippen LogP contribution is -2.31. The maximum atomic E-state index is 12.8. The first-order valence-electron chi connectivity index (χ1n) is 10.2. The lowest BCUT2D eigenvalue weighted by Gasteiger charge is -2.19. The molecule has 1 amide bonds. The highest BCUT2D eigenvalue weighted by molar-refractivity contribution is 7.92. The minimum atomic E-state index is -3.83. The second kappa shape index (κ2) is 8.49. The van der Waals surface area contributed by atoms with Gasteiger partial charge in [0.05, 0.1) is 4.90 Å². The summed E-state index contributed by atoms with van der Waals surface area (Å²) in [5, 5.41) is 3.38. The van der Waals surface area contributed by atoms with Crippen molar-refractivity contribution in [2.24, 2.45) is 0 Å². The maximum absolute atomic E-state index is 12.8. The van der Waals surface area contributed by atoms with Crippen LogP contribution in [-0.4, -0.2) is 33.6 Å². The van der Waals surface area contributed by atoms with E-state index in [1.165, 1.54) is 12.1 Å². The average molecular weight is 487 g/mol. The summed E-state index contributed by atoms with van der Waals surface area (Å²) < 4.78 is 44.6. The first kappa shape index (κ1) is 21.4. The minimum absolute atomic E-state index is 0.0576.